The number of rotatable bonds is 5. The molecule has 0 radical (unpaired) electrons. The molecule has 1 aromatic heterocycles. The number of ether oxygens (including phenoxy) is 1. The number of aryl methyl sites for hydroxylation is 1. The summed E-state index contributed by atoms with van der Waals surface area (Å²) in [5.74, 6) is 1.91. The Labute approximate surface area is 163 Å². The topological polar surface area (TPSA) is 99.8 Å². The van der Waals surface area contributed by atoms with Crippen molar-refractivity contribution in [2.24, 2.45) is 5.16 Å². The molecule has 28 heavy (non-hydrogen) atoms. The van der Waals surface area contributed by atoms with E-state index in [1.54, 1.807) is 13.0 Å². The Morgan fingerprint density at radius 1 is 1.39 bits per heavy atom. The Balaban J connectivity index is 2.04. The predicted molar refractivity (Wildman–Crippen MR) is 102 cm³/mol. The van der Waals surface area contributed by atoms with E-state index in [0.29, 0.717) is 29.3 Å². The highest BCUT2D eigenvalue weighted by molar-refractivity contribution is 7.91. The van der Waals surface area contributed by atoms with Crippen molar-refractivity contribution < 1.29 is 22.8 Å². The smallest absolute Gasteiger partial charge is 0.345 e. The molecule has 1 aliphatic heterocycles. The minimum Gasteiger partial charge on any atom is -0.404 e. The van der Waals surface area contributed by atoms with E-state index in [2.05, 4.69) is 16.2 Å². The van der Waals surface area contributed by atoms with E-state index in [4.69, 9.17) is 16.0 Å². The predicted octanol–water partition coefficient (Wildman–Crippen LogP) is 1.96. The Bertz CT molecular complexity index is 1090. The molecule has 0 saturated carbocycles. The molecule has 2 heterocycles. The second kappa shape index (κ2) is 7.86. The Hall–Kier alpha value is -3.12. The minimum absolute atomic E-state index is 0.0344. The van der Waals surface area contributed by atoms with Crippen molar-refractivity contribution in [3.05, 3.63) is 41.1 Å². The van der Waals surface area contributed by atoms with Gasteiger partial charge in [0.25, 0.3) is 0 Å². The van der Waals surface area contributed by atoms with Crippen LogP contribution in [0, 0.1) is 19.3 Å². The molecule has 0 N–H and O–H groups in total. The molecule has 0 spiro atoms. The van der Waals surface area contributed by atoms with E-state index in [-0.39, 0.29) is 29.2 Å². The van der Waals surface area contributed by atoms with Gasteiger partial charge in [-0.1, -0.05) is 11.1 Å². The van der Waals surface area contributed by atoms with Crippen LogP contribution in [0.3, 0.4) is 0 Å². The first kappa shape index (κ1) is 19.6. The number of benzene rings is 1. The molecule has 0 saturated heterocycles. The molecule has 9 heteroatoms. The third-order valence-electron chi connectivity index (χ3n) is 4.37. The van der Waals surface area contributed by atoms with Gasteiger partial charge in [0.1, 0.15) is 0 Å². The number of hydrogen-bond acceptors (Lipinski definition) is 7. The first-order valence-electron chi connectivity index (χ1n) is 8.62. The van der Waals surface area contributed by atoms with Gasteiger partial charge in [-0.15, -0.1) is 6.42 Å². The summed E-state index contributed by atoms with van der Waals surface area (Å²) in [7, 11) is -3.47. The van der Waals surface area contributed by atoms with Gasteiger partial charge in [0.2, 0.25) is 5.88 Å². The van der Waals surface area contributed by atoms with Crippen LogP contribution in [0.15, 0.2) is 34.4 Å². The van der Waals surface area contributed by atoms with E-state index in [1.165, 1.54) is 23.0 Å². The number of fused-ring (bicyclic) bond motifs is 1. The third kappa shape index (κ3) is 3.64. The standard InChI is InChI=1S/C19H19N3O5S/c1-4-11-26-21-15-9-12-28(24,25)16-7-6-14(13(3)18(15)16)19(23)27-17-8-10-20-22(17)5-2/h1,6-8,10H,5,9,11-12H2,2-3H3. The molecule has 3 rings (SSSR count). The summed E-state index contributed by atoms with van der Waals surface area (Å²) in [6.07, 6.45) is 6.86. The molecular weight excluding hydrogens is 382 g/mol. The molecule has 2 aromatic rings. The fourth-order valence-electron chi connectivity index (χ4n) is 3.03. The second-order valence-electron chi connectivity index (χ2n) is 6.07. The fraction of sp³-hybridized carbons (Fsp3) is 0.316. The number of hydrogen-bond donors (Lipinski definition) is 0. The molecule has 0 unspecified atom stereocenters. The fourth-order valence-corrected chi connectivity index (χ4v) is 4.56. The number of sulfone groups is 1. The maximum Gasteiger partial charge on any atom is 0.345 e. The van der Waals surface area contributed by atoms with E-state index >= 15 is 0 Å². The minimum atomic E-state index is -3.47. The number of esters is 1. The van der Waals surface area contributed by atoms with Crippen LogP contribution in [-0.2, 0) is 21.2 Å². The molecule has 0 amide bonds. The number of aromatic nitrogens is 2. The van der Waals surface area contributed by atoms with Gasteiger partial charge in [-0.2, -0.15) is 5.10 Å². The molecule has 8 nitrogen and oxygen atoms in total. The molecule has 0 fully saturated rings. The molecule has 0 atom stereocenters. The van der Waals surface area contributed by atoms with E-state index in [9.17, 15) is 13.2 Å². The number of nitrogens with zero attached hydrogens (tertiary/aromatic N) is 3. The van der Waals surface area contributed by atoms with Gasteiger partial charge in [-0.05, 0) is 31.5 Å². The van der Waals surface area contributed by atoms with Crippen LogP contribution in [-0.4, -0.2) is 42.2 Å². The van der Waals surface area contributed by atoms with Crippen molar-refractivity contribution in [2.75, 3.05) is 12.4 Å². The highest BCUT2D eigenvalue weighted by Gasteiger charge is 2.32. The highest BCUT2D eigenvalue weighted by atomic mass is 32.2. The molecular formula is C19H19N3O5S. The lowest BCUT2D eigenvalue weighted by Crippen LogP contribution is -2.25. The van der Waals surface area contributed by atoms with Gasteiger partial charge in [0, 0.05) is 24.6 Å². The Morgan fingerprint density at radius 2 is 2.18 bits per heavy atom. The van der Waals surface area contributed by atoms with Gasteiger partial charge in [0.05, 0.1) is 28.1 Å². The van der Waals surface area contributed by atoms with E-state index in [1.807, 2.05) is 6.92 Å². The van der Waals surface area contributed by atoms with Crippen LogP contribution < -0.4 is 4.74 Å². The Morgan fingerprint density at radius 3 is 2.89 bits per heavy atom. The second-order valence-corrected chi connectivity index (χ2v) is 8.15. The molecule has 0 bridgehead atoms. The SMILES string of the molecule is C#CCON=C1CCS(=O)(=O)c2ccc(C(=O)Oc3ccnn3CC)c(C)c21. The van der Waals surface area contributed by atoms with Crippen LogP contribution in [0.25, 0.3) is 0 Å². The van der Waals surface area contributed by atoms with Crippen molar-refractivity contribution in [1.82, 2.24) is 9.78 Å². The van der Waals surface area contributed by atoms with Crippen molar-refractivity contribution in [1.29, 1.82) is 0 Å². The summed E-state index contributed by atoms with van der Waals surface area (Å²) in [4.78, 5) is 17.9. The first-order chi connectivity index (χ1) is 13.4. The van der Waals surface area contributed by atoms with E-state index < -0.39 is 15.8 Å². The lowest BCUT2D eigenvalue weighted by molar-refractivity contribution is 0.0717. The quantitative estimate of drug-likeness (QED) is 0.329. The van der Waals surface area contributed by atoms with Crippen molar-refractivity contribution in [3.8, 4) is 18.2 Å². The average molecular weight is 401 g/mol. The summed E-state index contributed by atoms with van der Waals surface area (Å²) >= 11 is 0. The van der Waals surface area contributed by atoms with Gasteiger partial charge in [-0.25, -0.2) is 17.9 Å². The van der Waals surface area contributed by atoms with E-state index in [0.717, 1.165) is 0 Å². The number of carbonyl (C=O) groups excluding carboxylic acids is 1. The van der Waals surface area contributed by atoms with Gasteiger partial charge >= 0.3 is 5.97 Å². The van der Waals surface area contributed by atoms with Crippen LogP contribution in [0.5, 0.6) is 5.88 Å². The van der Waals surface area contributed by atoms with Crippen molar-refractivity contribution in [2.45, 2.75) is 31.7 Å². The summed E-state index contributed by atoms with van der Waals surface area (Å²) in [6, 6.07) is 4.44. The Kier molecular flexibility index (Phi) is 5.51. The first-order valence-corrected chi connectivity index (χ1v) is 10.3. The monoisotopic (exact) mass is 401 g/mol. The average Bonchev–Trinajstić information content (AvgIpc) is 3.11. The van der Waals surface area contributed by atoms with Crippen LogP contribution in [0.2, 0.25) is 0 Å². The summed E-state index contributed by atoms with van der Waals surface area (Å²) in [5, 5.41) is 8.04. The summed E-state index contributed by atoms with van der Waals surface area (Å²) in [6.45, 7) is 4.04. The third-order valence-corrected chi connectivity index (χ3v) is 6.13. The van der Waals surface area contributed by atoms with Gasteiger partial charge in [-0.3, -0.25) is 0 Å². The van der Waals surface area contributed by atoms with Crippen molar-refractivity contribution >= 4 is 21.5 Å². The summed E-state index contributed by atoms with van der Waals surface area (Å²) < 4.78 is 31.9. The number of oxime groups is 1. The lowest BCUT2D eigenvalue weighted by Gasteiger charge is -2.21. The molecule has 1 aliphatic rings. The lowest BCUT2D eigenvalue weighted by atomic mass is 9.97. The zero-order valence-electron chi connectivity index (χ0n) is 15.5. The van der Waals surface area contributed by atoms with Crippen LogP contribution >= 0.6 is 0 Å². The van der Waals surface area contributed by atoms with Crippen LogP contribution in [0.4, 0.5) is 0 Å². The highest BCUT2D eigenvalue weighted by Crippen LogP contribution is 2.31. The zero-order valence-corrected chi connectivity index (χ0v) is 16.3. The van der Waals surface area contributed by atoms with Gasteiger partial charge < -0.3 is 9.57 Å². The normalized spacial score (nSPS) is 16.2. The number of terminal acetylenes is 1. The zero-order chi connectivity index (χ0) is 20.3. The molecule has 1 aromatic carbocycles. The largest absolute Gasteiger partial charge is 0.404 e. The molecule has 0 aliphatic carbocycles. The van der Waals surface area contributed by atoms with Crippen molar-refractivity contribution in [3.63, 3.8) is 0 Å². The number of carbonyl (C=O) groups is 1. The maximum atomic E-state index is 12.7. The molecule has 146 valence electrons. The van der Waals surface area contributed by atoms with Gasteiger partial charge in [0.15, 0.2) is 16.4 Å². The summed E-state index contributed by atoms with van der Waals surface area (Å²) in [5.41, 5.74) is 1.49. The maximum absolute atomic E-state index is 12.7. The van der Waals surface area contributed by atoms with Crippen LogP contribution in [0.1, 0.15) is 34.8 Å².